The Morgan fingerprint density at radius 1 is 1.19 bits per heavy atom. The fourth-order valence-corrected chi connectivity index (χ4v) is 1.41. The molecule has 0 aromatic heterocycles. The minimum Gasteiger partial charge on any atom is -0.493 e. The van der Waals surface area contributed by atoms with E-state index in [-0.39, 0.29) is 6.61 Å². The second kappa shape index (κ2) is 6.07. The van der Waals surface area contributed by atoms with Gasteiger partial charge in [-0.05, 0) is 17.7 Å². The van der Waals surface area contributed by atoms with Crippen LogP contribution in [0.25, 0.3) is 0 Å². The maximum atomic E-state index is 10.6. The number of hydrogen-bond acceptors (Lipinski definition) is 5. The van der Waals surface area contributed by atoms with E-state index in [0.29, 0.717) is 11.5 Å². The van der Waals surface area contributed by atoms with E-state index in [4.69, 9.17) is 14.2 Å². The molecule has 1 atom stereocenters. The molecule has 1 rings (SSSR count). The summed E-state index contributed by atoms with van der Waals surface area (Å²) in [5, 5.41) is 3.01. The highest BCUT2D eigenvalue weighted by atomic mass is 16.5. The second-order valence-corrected chi connectivity index (χ2v) is 3.19. The van der Waals surface area contributed by atoms with Crippen LogP contribution in [0, 0.1) is 4.91 Å². The van der Waals surface area contributed by atoms with E-state index in [1.807, 2.05) is 0 Å². The van der Waals surface area contributed by atoms with E-state index >= 15 is 0 Å². The van der Waals surface area contributed by atoms with E-state index < -0.39 is 6.04 Å². The molecule has 1 unspecified atom stereocenters. The molecule has 0 heterocycles. The van der Waals surface area contributed by atoms with Gasteiger partial charge in [-0.3, -0.25) is 0 Å². The first kappa shape index (κ1) is 12.4. The van der Waals surface area contributed by atoms with Crippen LogP contribution in [-0.4, -0.2) is 27.9 Å². The van der Waals surface area contributed by atoms with Gasteiger partial charge in [0.25, 0.3) is 0 Å². The Hall–Kier alpha value is -1.62. The van der Waals surface area contributed by atoms with Gasteiger partial charge in [-0.2, -0.15) is 4.91 Å². The van der Waals surface area contributed by atoms with Crippen molar-refractivity contribution in [2.45, 2.75) is 6.04 Å². The molecular formula is C11H15NO4. The van der Waals surface area contributed by atoms with E-state index in [9.17, 15) is 4.91 Å². The Labute approximate surface area is 94.3 Å². The van der Waals surface area contributed by atoms with Crippen molar-refractivity contribution >= 4 is 0 Å². The van der Waals surface area contributed by atoms with Gasteiger partial charge in [0.05, 0.1) is 20.8 Å². The molecule has 0 spiro atoms. The number of nitrogens with zero attached hydrogens (tertiary/aromatic N) is 1. The molecule has 16 heavy (non-hydrogen) atoms. The molecule has 5 heteroatoms. The smallest absolute Gasteiger partial charge is 0.161 e. The van der Waals surface area contributed by atoms with Crippen LogP contribution in [0.15, 0.2) is 23.4 Å². The molecule has 1 aromatic rings. The summed E-state index contributed by atoms with van der Waals surface area (Å²) in [5.41, 5.74) is 0.745. The minimum absolute atomic E-state index is 0.249. The predicted molar refractivity (Wildman–Crippen MR) is 60.0 cm³/mol. The summed E-state index contributed by atoms with van der Waals surface area (Å²) < 4.78 is 15.2. The molecule has 0 fully saturated rings. The van der Waals surface area contributed by atoms with Gasteiger partial charge in [0.15, 0.2) is 11.5 Å². The van der Waals surface area contributed by atoms with Crippen LogP contribution in [0.3, 0.4) is 0 Å². The van der Waals surface area contributed by atoms with Crippen LogP contribution < -0.4 is 9.47 Å². The van der Waals surface area contributed by atoms with Gasteiger partial charge >= 0.3 is 0 Å². The van der Waals surface area contributed by atoms with Gasteiger partial charge < -0.3 is 14.2 Å². The highest BCUT2D eigenvalue weighted by Crippen LogP contribution is 2.31. The standard InChI is InChI=1S/C11H15NO4/c1-14-7-9(12-13)8-4-5-10(15-2)11(6-8)16-3/h4-6,9H,7H2,1-3H3. The molecule has 88 valence electrons. The van der Waals surface area contributed by atoms with Crippen molar-refractivity contribution in [3.63, 3.8) is 0 Å². The first-order valence-electron chi connectivity index (χ1n) is 4.80. The van der Waals surface area contributed by atoms with Gasteiger partial charge in [-0.25, -0.2) is 0 Å². The normalized spacial score (nSPS) is 11.9. The van der Waals surface area contributed by atoms with Gasteiger partial charge in [-0.15, -0.1) is 0 Å². The SMILES string of the molecule is COCC(N=O)c1ccc(OC)c(OC)c1. The Bertz CT molecular complexity index is 354. The zero-order chi connectivity index (χ0) is 12.0. The van der Waals surface area contributed by atoms with Crippen molar-refractivity contribution in [1.29, 1.82) is 0 Å². The van der Waals surface area contributed by atoms with Gasteiger partial charge in [-0.1, -0.05) is 11.2 Å². The highest BCUT2D eigenvalue weighted by molar-refractivity contribution is 5.43. The predicted octanol–water partition coefficient (Wildman–Crippen LogP) is 2.16. The Balaban J connectivity index is 3.00. The topological polar surface area (TPSA) is 57.1 Å². The first-order chi connectivity index (χ1) is 7.76. The summed E-state index contributed by atoms with van der Waals surface area (Å²) in [5.74, 6) is 1.19. The lowest BCUT2D eigenvalue weighted by Crippen LogP contribution is -2.03. The first-order valence-corrected chi connectivity index (χ1v) is 4.80. The van der Waals surface area contributed by atoms with Crippen LogP contribution in [0.2, 0.25) is 0 Å². The molecule has 1 aromatic carbocycles. The molecule has 0 bridgehead atoms. The van der Waals surface area contributed by atoms with Crippen molar-refractivity contribution in [3.05, 3.63) is 28.7 Å². The van der Waals surface area contributed by atoms with Gasteiger partial charge in [0.2, 0.25) is 0 Å². The van der Waals surface area contributed by atoms with Gasteiger partial charge in [0.1, 0.15) is 6.04 Å². The molecule has 0 aliphatic heterocycles. The highest BCUT2D eigenvalue weighted by Gasteiger charge is 2.14. The fraction of sp³-hybridized carbons (Fsp3) is 0.455. The number of methoxy groups -OCH3 is 3. The van der Waals surface area contributed by atoms with Crippen molar-refractivity contribution in [3.8, 4) is 11.5 Å². The van der Waals surface area contributed by atoms with Crippen LogP contribution in [0.5, 0.6) is 11.5 Å². The summed E-state index contributed by atoms with van der Waals surface area (Å²) >= 11 is 0. The number of rotatable bonds is 6. The molecule has 0 aliphatic carbocycles. The van der Waals surface area contributed by atoms with Crippen LogP contribution >= 0.6 is 0 Å². The summed E-state index contributed by atoms with van der Waals surface area (Å²) in [6.07, 6.45) is 0. The Kier molecular flexibility index (Phi) is 4.72. The van der Waals surface area contributed by atoms with E-state index in [0.717, 1.165) is 5.56 Å². The summed E-state index contributed by atoms with van der Waals surface area (Å²) in [7, 11) is 4.63. The van der Waals surface area contributed by atoms with Crippen LogP contribution in [0.1, 0.15) is 11.6 Å². The third-order valence-corrected chi connectivity index (χ3v) is 2.24. The maximum Gasteiger partial charge on any atom is 0.161 e. The maximum absolute atomic E-state index is 10.6. The van der Waals surface area contributed by atoms with Crippen LogP contribution in [0.4, 0.5) is 0 Å². The lowest BCUT2D eigenvalue weighted by molar-refractivity contribution is 0.181. The fourth-order valence-electron chi connectivity index (χ4n) is 1.41. The third kappa shape index (κ3) is 2.70. The van der Waals surface area contributed by atoms with Crippen molar-refractivity contribution in [2.75, 3.05) is 27.9 Å². The molecular weight excluding hydrogens is 210 g/mol. The molecule has 0 saturated carbocycles. The Morgan fingerprint density at radius 2 is 1.88 bits per heavy atom. The van der Waals surface area contributed by atoms with Crippen molar-refractivity contribution in [2.24, 2.45) is 5.18 Å². The lowest BCUT2D eigenvalue weighted by atomic mass is 10.1. The Morgan fingerprint density at radius 3 is 2.38 bits per heavy atom. The number of ether oxygens (including phenoxy) is 3. The molecule has 5 nitrogen and oxygen atoms in total. The average molecular weight is 225 g/mol. The zero-order valence-electron chi connectivity index (χ0n) is 9.60. The lowest BCUT2D eigenvalue weighted by Gasteiger charge is -2.12. The van der Waals surface area contributed by atoms with Crippen LogP contribution in [-0.2, 0) is 4.74 Å². The van der Waals surface area contributed by atoms with Crippen molar-refractivity contribution < 1.29 is 14.2 Å². The summed E-state index contributed by atoms with van der Waals surface area (Å²) in [6.45, 7) is 0.249. The molecule has 0 saturated heterocycles. The molecule has 0 amide bonds. The van der Waals surface area contributed by atoms with E-state index in [2.05, 4.69) is 5.18 Å². The van der Waals surface area contributed by atoms with Gasteiger partial charge in [0, 0.05) is 7.11 Å². The summed E-state index contributed by atoms with van der Waals surface area (Å²) in [6, 6.07) is 4.71. The second-order valence-electron chi connectivity index (χ2n) is 3.19. The minimum atomic E-state index is -0.523. The number of nitroso groups, excluding NO2 is 1. The summed E-state index contributed by atoms with van der Waals surface area (Å²) in [4.78, 5) is 10.6. The molecule has 0 aliphatic rings. The molecule has 0 N–H and O–H groups in total. The van der Waals surface area contributed by atoms with E-state index in [1.165, 1.54) is 7.11 Å². The quantitative estimate of drug-likeness (QED) is 0.696. The third-order valence-electron chi connectivity index (χ3n) is 2.24. The molecule has 0 radical (unpaired) electrons. The number of hydrogen-bond donors (Lipinski definition) is 0. The monoisotopic (exact) mass is 225 g/mol. The zero-order valence-corrected chi connectivity index (χ0v) is 9.60. The number of benzene rings is 1. The largest absolute Gasteiger partial charge is 0.493 e. The van der Waals surface area contributed by atoms with Crippen molar-refractivity contribution in [1.82, 2.24) is 0 Å². The average Bonchev–Trinajstić information content (AvgIpc) is 2.35. The van der Waals surface area contributed by atoms with E-state index in [1.54, 1.807) is 32.4 Å².